The van der Waals surface area contributed by atoms with Gasteiger partial charge in [0.1, 0.15) is 0 Å². The summed E-state index contributed by atoms with van der Waals surface area (Å²) < 4.78 is 1.75. The molecule has 0 atom stereocenters. The molecule has 2 aromatic rings. The van der Waals surface area contributed by atoms with Gasteiger partial charge in [0, 0.05) is 30.1 Å². The van der Waals surface area contributed by atoms with Gasteiger partial charge in [-0.25, -0.2) is 9.97 Å². The third-order valence-electron chi connectivity index (χ3n) is 2.66. The standard InChI is InChI=1S/C12H15ClN4/c1-7(2)10-8(3)15-12(13)16-11(10)9-5-14-17(4)6-9/h5-7H,1-4H3. The van der Waals surface area contributed by atoms with E-state index in [2.05, 4.69) is 28.9 Å². The van der Waals surface area contributed by atoms with Crippen LogP contribution in [0.4, 0.5) is 0 Å². The molecule has 0 N–H and O–H groups in total. The summed E-state index contributed by atoms with van der Waals surface area (Å²) in [5.41, 5.74) is 3.91. The summed E-state index contributed by atoms with van der Waals surface area (Å²) in [6.45, 7) is 6.21. The van der Waals surface area contributed by atoms with Gasteiger partial charge in [-0.05, 0) is 24.4 Å². The number of halogens is 1. The SMILES string of the molecule is Cc1nc(Cl)nc(-c2cnn(C)c2)c1C(C)C. The van der Waals surface area contributed by atoms with Crippen LogP contribution in [0.25, 0.3) is 11.3 Å². The van der Waals surface area contributed by atoms with E-state index in [0.717, 1.165) is 22.5 Å². The number of aryl methyl sites for hydroxylation is 2. The normalized spacial score (nSPS) is 11.2. The minimum atomic E-state index is 0.283. The first kappa shape index (κ1) is 12.0. The Labute approximate surface area is 106 Å². The van der Waals surface area contributed by atoms with Crippen molar-refractivity contribution in [3.05, 3.63) is 28.9 Å². The zero-order valence-corrected chi connectivity index (χ0v) is 11.2. The van der Waals surface area contributed by atoms with Gasteiger partial charge in [0.25, 0.3) is 0 Å². The van der Waals surface area contributed by atoms with Crippen LogP contribution in [0.2, 0.25) is 5.28 Å². The Hall–Kier alpha value is -1.42. The van der Waals surface area contributed by atoms with Crippen LogP contribution in [-0.4, -0.2) is 19.7 Å². The predicted molar refractivity (Wildman–Crippen MR) is 68.1 cm³/mol. The van der Waals surface area contributed by atoms with Crippen molar-refractivity contribution in [1.29, 1.82) is 0 Å². The number of rotatable bonds is 2. The lowest BCUT2D eigenvalue weighted by molar-refractivity contribution is 0.767. The number of hydrogen-bond acceptors (Lipinski definition) is 3. The van der Waals surface area contributed by atoms with Crippen molar-refractivity contribution < 1.29 is 0 Å². The molecule has 4 nitrogen and oxygen atoms in total. The predicted octanol–water partition coefficient (Wildman–Crippen LogP) is 2.96. The van der Waals surface area contributed by atoms with Crippen molar-refractivity contribution in [3.63, 3.8) is 0 Å². The molecule has 0 saturated heterocycles. The van der Waals surface area contributed by atoms with Gasteiger partial charge in [0.05, 0.1) is 11.9 Å². The van der Waals surface area contributed by atoms with Crippen molar-refractivity contribution in [3.8, 4) is 11.3 Å². The first-order valence-corrected chi connectivity index (χ1v) is 5.90. The van der Waals surface area contributed by atoms with E-state index in [1.807, 2.05) is 20.2 Å². The Kier molecular flexibility index (Phi) is 3.15. The molecule has 0 saturated carbocycles. The molecule has 0 aliphatic heterocycles. The lowest BCUT2D eigenvalue weighted by Crippen LogP contribution is -2.02. The molecule has 0 fully saturated rings. The molecule has 0 amide bonds. The molecule has 5 heteroatoms. The third kappa shape index (κ3) is 2.31. The fraction of sp³-hybridized carbons (Fsp3) is 0.417. The monoisotopic (exact) mass is 250 g/mol. The summed E-state index contributed by atoms with van der Waals surface area (Å²) in [6.07, 6.45) is 3.73. The van der Waals surface area contributed by atoms with E-state index in [1.165, 1.54) is 0 Å². The zero-order chi connectivity index (χ0) is 12.6. The highest BCUT2D eigenvalue weighted by molar-refractivity contribution is 6.28. The van der Waals surface area contributed by atoms with Gasteiger partial charge >= 0.3 is 0 Å². The number of nitrogens with zero attached hydrogens (tertiary/aromatic N) is 4. The summed E-state index contributed by atoms with van der Waals surface area (Å²) >= 11 is 5.93. The van der Waals surface area contributed by atoms with Crippen molar-refractivity contribution >= 4 is 11.6 Å². The van der Waals surface area contributed by atoms with Gasteiger partial charge in [-0.1, -0.05) is 13.8 Å². The van der Waals surface area contributed by atoms with Crippen molar-refractivity contribution in [2.75, 3.05) is 0 Å². The summed E-state index contributed by atoms with van der Waals surface area (Å²) in [5, 5.41) is 4.45. The Balaban J connectivity index is 2.67. The average molecular weight is 251 g/mol. The van der Waals surface area contributed by atoms with Crippen LogP contribution in [0.5, 0.6) is 0 Å². The van der Waals surface area contributed by atoms with Crippen LogP contribution in [0.3, 0.4) is 0 Å². The van der Waals surface area contributed by atoms with Crippen LogP contribution in [-0.2, 0) is 7.05 Å². The Bertz CT molecular complexity index is 545. The number of hydrogen-bond donors (Lipinski definition) is 0. The van der Waals surface area contributed by atoms with E-state index in [9.17, 15) is 0 Å². The molecule has 0 aliphatic carbocycles. The Morgan fingerprint density at radius 3 is 2.53 bits per heavy atom. The second-order valence-electron chi connectivity index (χ2n) is 4.40. The summed E-state index contributed by atoms with van der Waals surface area (Å²) in [4.78, 5) is 8.55. The second kappa shape index (κ2) is 4.45. The van der Waals surface area contributed by atoms with Gasteiger partial charge in [0.2, 0.25) is 5.28 Å². The van der Waals surface area contributed by atoms with E-state index in [4.69, 9.17) is 11.6 Å². The lowest BCUT2D eigenvalue weighted by atomic mass is 9.97. The molecule has 0 bridgehead atoms. The quantitative estimate of drug-likeness (QED) is 0.770. The highest BCUT2D eigenvalue weighted by Gasteiger charge is 2.16. The molecule has 2 aromatic heterocycles. The van der Waals surface area contributed by atoms with Crippen LogP contribution in [0.15, 0.2) is 12.4 Å². The molecule has 2 heterocycles. The smallest absolute Gasteiger partial charge is 0.223 e. The summed E-state index contributed by atoms with van der Waals surface area (Å²) in [7, 11) is 1.88. The minimum absolute atomic E-state index is 0.283. The van der Waals surface area contributed by atoms with Gasteiger partial charge < -0.3 is 0 Å². The molecule has 90 valence electrons. The molecular weight excluding hydrogens is 236 g/mol. The first-order valence-electron chi connectivity index (χ1n) is 5.52. The lowest BCUT2D eigenvalue weighted by Gasteiger charge is -2.13. The molecule has 0 radical (unpaired) electrons. The maximum Gasteiger partial charge on any atom is 0.223 e. The average Bonchev–Trinajstić information content (AvgIpc) is 2.62. The van der Waals surface area contributed by atoms with Gasteiger partial charge in [-0.2, -0.15) is 5.10 Å². The summed E-state index contributed by atoms with van der Waals surface area (Å²) in [5.74, 6) is 0.350. The van der Waals surface area contributed by atoms with Crippen LogP contribution in [0.1, 0.15) is 31.0 Å². The molecule has 0 unspecified atom stereocenters. The highest BCUT2D eigenvalue weighted by Crippen LogP contribution is 2.29. The zero-order valence-electron chi connectivity index (χ0n) is 10.4. The van der Waals surface area contributed by atoms with E-state index >= 15 is 0 Å². The molecule has 0 aromatic carbocycles. The van der Waals surface area contributed by atoms with Crippen LogP contribution in [0, 0.1) is 6.92 Å². The van der Waals surface area contributed by atoms with E-state index in [0.29, 0.717) is 5.92 Å². The van der Waals surface area contributed by atoms with Crippen molar-refractivity contribution in [2.24, 2.45) is 7.05 Å². The van der Waals surface area contributed by atoms with Crippen LogP contribution >= 0.6 is 11.6 Å². The first-order chi connectivity index (χ1) is 7.99. The molecule has 17 heavy (non-hydrogen) atoms. The fourth-order valence-electron chi connectivity index (χ4n) is 2.00. The molecular formula is C12H15ClN4. The molecule has 2 rings (SSSR count). The van der Waals surface area contributed by atoms with E-state index < -0.39 is 0 Å². The van der Waals surface area contributed by atoms with Crippen LogP contribution < -0.4 is 0 Å². The van der Waals surface area contributed by atoms with Crippen molar-refractivity contribution in [2.45, 2.75) is 26.7 Å². The topological polar surface area (TPSA) is 43.6 Å². The minimum Gasteiger partial charge on any atom is -0.275 e. The Morgan fingerprint density at radius 1 is 1.29 bits per heavy atom. The summed E-state index contributed by atoms with van der Waals surface area (Å²) in [6, 6.07) is 0. The van der Waals surface area contributed by atoms with E-state index in [-0.39, 0.29) is 5.28 Å². The fourth-order valence-corrected chi connectivity index (χ4v) is 2.21. The number of aromatic nitrogens is 4. The highest BCUT2D eigenvalue weighted by atomic mass is 35.5. The maximum atomic E-state index is 5.93. The van der Waals surface area contributed by atoms with Gasteiger partial charge in [-0.15, -0.1) is 0 Å². The third-order valence-corrected chi connectivity index (χ3v) is 2.83. The molecule has 0 aliphatic rings. The second-order valence-corrected chi connectivity index (χ2v) is 4.74. The van der Waals surface area contributed by atoms with Crippen molar-refractivity contribution in [1.82, 2.24) is 19.7 Å². The largest absolute Gasteiger partial charge is 0.275 e. The van der Waals surface area contributed by atoms with Gasteiger partial charge in [0.15, 0.2) is 0 Å². The molecule has 0 spiro atoms. The van der Waals surface area contributed by atoms with Gasteiger partial charge in [-0.3, -0.25) is 4.68 Å². The Morgan fingerprint density at radius 2 is 2.00 bits per heavy atom. The maximum absolute atomic E-state index is 5.93. The van der Waals surface area contributed by atoms with E-state index in [1.54, 1.807) is 10.9 Å².